The summed E-state index contributed by atoms with van der Waals surface area (Å²) in [6.07, 6.45) is 20.0. The molecule has 1 aromatic carbocycles. The highest BCUT2D eigenvalue weighted by Crippen LogP contribution is 2.16. The van der Waals surface area contributed by atoms with E-state index >= 15 is 0 Å². The predicted molar refractivity (Wildman–Crippen MR) is 148 cm³/mol. The van der Waals surface area contributed by atoms with Gasteiger partial charge in [-0.05, 0) is 44.5 Å². The Morgan fingerprint density at radius 2 is 1.36 bits per heavy atom. The second kappa shape index (κ2) is 22.2. The fraction of sp³-hybridized carbons (Fsp3) is 0.759. The van der Waals surface area contributed by atoms with Crippen molar-refractivity contribution in [3.8, 4) is 11.5 Å². The molecule has 0 bridgehead atoms. The average Bonchev–Trinajstić information content (AvgIpc) is 2.86. The normalized spacial score (nSPS) is 12.8. The predicted octanol–water partition coefficient (Wildman–Crippen LogP) is 7.20. The quantitative estimate of drug-likeness (QED) is 0.0714. The first-order valence-corrected chi connectivity index (χ1v) is 14.4. The molecule has 2 unspecified atom stereocenters. The molecule has 208 valence electrons. The Bertz CT molecular complexity index is 642. The third-order valence-electron chi connectivity index (χ3n) is 6.28. The lowest BCUT2D eigenvalue weighted by molar-refractivity contribution is -0.0202. The number of phenols is 1. The molecule has 36 heavy (non-hydrogen) atoms. The molecule has 0 fully saturated rings. The molecule has 1 rings (SSSR count). The van der Waals surface area contributed by atoms with Crippen LogP contribution in [0, 0.1) is 0 Å². The molecule has 0 aliphatic carbocycles. The Morgan fingerprint density at radius 1 is 0.833 bits per heavy atom. The number of carbonyl (C=O) groups excluding carboxylic acids is 1. The number of ether oxygens (including phenoxy) is 2. The van der Waals surface area contributed by atoms with Gasteiger partial charge in [0.05, 0.1) is 12.6 Å². The van der Waals surface area contributed by atoms with E-state index in [1.165, 1.54) is 89.9 Å². The molecule has 7 heteroatoms. The summed E-state index contributed by atoms with van der Waals surface area (Å²) in [7, 11) is 0. The number of hydrazine groups is 1. The number of amides is 2. The Balaban J connectivity index is 1.88. The maximum Gasteiger partial charge on any atom is 0.329 e. The molecule has 4 N–H and O–H groups in total. The van der Waals surface area contributed by atoms with Crippen LogP contribution in [0.3, 0.4) is 0 Å². The van der Waals surface area contributed by atoms with E-state index in [4.69, 9.17) is 9.47 Å². The standard InChI is InChI=1S/C29H53N3O4/c1-4-5-6-7-8-9-10-11-12-13-14-15-16-17-18-25(2)36-26(3)31-32-29(34)30-23-24-35-28-21-19-27(33)20-22-28/h19-22,25-26,31,33H,4-18,23-24H2,1-3H3,(H2,30,32,34). The minimum absolute atomic E-state index is 0.147. The van der Waals surface area contributed by atoms with Crippen molar-refractivity contribution >= 4 is 6.03 Å². The minimum atomic E-state index is -0.334. The Labute approximate surface area is 220 Å². The summed E-state index contributed by atoms with van der Waals surface area (Å²) < 4.78 is 11.4. The highest BCUT2D eigenvalue weighted by Gasteiger charge is 2.09. The van der Waals surface area contributed by atoms with E-state index in [1.54, 1.807) is 24.3 Å². The average molecular weight is 508 g/mol. The Morgan fingerprint density at radius 3 is 1.92 bits per heavy atom. The number of hydrogen-bond acceptors (Lipinski definition) is 5. The van der Waals surface area contributed by atoms with Crippen LogP contribution in [0.15, 0.2) is 24.3 Å². The molecule has 1 aromatic rings. The van der Waals surface area contributed by atoms with Crippen molar-refractivity contribution < 1.29 is 19.4 Å². The van der Waals surface area contributed by atoms with Crippen molar-refractivity contribution in [3.63, 3.8) is 0 Å². The van der Waals surface area contributed by atoms with Gasteiger partial charge in [-0.1, -0.05) is 96.8 Å². The van der Waals surface area contributed by atoms with Gasteiger partial charge in [0.15, 0.2) is 0 Å². The topological polar surface area (TPSA) is 91.9 Å². The third-order valence-corrected chi connectivity index (χ3v) is 6.28. The number of unbranched alkanes of at least 4 members (excludes halogenated alkanes) is 13. The maximum atomic E-state index is 11.9. The Hall–Kier alpha value is -1.99. The van der Waals surface area contributed by atoms with E-state index in [0.717, 1.165) is 6.42 Å². The number of hydrogen-bond donors (Lipinski definition) is 4. The fourth-order valence-electron chi connectivity index (χ4n) is 4.16. The maximum absolute atomic E-state index is 11.9. The summed E-state index contributed by atoms with van der Waals surface area (Å²) in [4.78, 5) is 11.9. The van der Waals surface area contributed by atoms with Gasteiger partial charge in [-0.25, -0.2) is 10.2 Å². The molecule has 0 aliphatic heterocycles. The van der Waals surface area contributed by atoms with Crippen LogP contribution in [0.5, 0.6) is 11.5 Å². The van der Waals surface area contributed by atoms with Crippen molar-refractivity contribution in [2.45, 2.75) is 129 Å². The monoisotopic (exact) mass is 507 g/mol. The smallest absolute Gasteiger partial charge is 0.329 e. The van der Waals surface area contributed by atoms with Crippen LogP contribution in [0.4, 0.5) is 4.79 Å². The van der Waals surface area contributed by atoms with Crippen LogP contribution in [0.2, 0.25) is 0 Å². The second-order valence-corrected chi connectivity index (χ2v) is 9.84. The lowest BCUT2D eigenvalue weighted by Crippen LogP contribution is -2.49. The van der Waals surface area contributed by atoms with E-state index < -0.39 is 0 Å². The molecule has 0 saturated heterocycles. The second-order valence-electron chi connectivity index (χ2n) is 9.84. The van der Waals surface area contributed by atoms with Gasteiger partial charge in [-0.2, -0.15) is 0 Å². The molecule has 7 nitrogen and oxygen atoms in total. The summed E-state index contributed by atoms with van der Waals surface area (Å²) in [5.74, 6) is 0.833. The summed E-state index contributed by atoms with van der Waals surface area (Å²) in [6, 6.07) is 6.13. The zero-order valence-corrected chi connectivity index (χ0v) is 23.2. The van der Waals surface area contributed by atoms with Crippen molar-refractivity contribution in [1.29, 1.82) is 0 Å². The molecule has 0 aromatic heterocycles. The minimum Gasteiger partial charge on any atom is -0.508 e. The first kappa shape index (κ1) is 32.0. The highest BCUT2D eigenvalue weighted by atomic mass is 16.5. The van der Waals surface area contributed by atoms with Crippen molar-refractivity contribution in [2.75, 3.05) is 13.2 Å². The van der Waals surface area contributed by atoms with Crippen LogP contribution in [-0.4, -0.2) is 36.6 Å². The van der Waals surface area contributed by atoms with Gasteiger partial charge < -0.3 is 19.9 Å². The summed E-state index contributed by atoms with van der Waals surface area (Å²) in [5, 5.41) is 12.0. The number of rotatable bonds is 23. The first-order chi connectivity index (χ1) is 17.5. The third kappa shape index (κ3) is 19.2. The summed E-state index contributed by atoms with van der Waals surface area (Å²) in [5.41, 5.74) is 5.48. The van der Waals surface area contributed by atoms with E-state index in [9.17, 15) is 9.90 Å². The van der Waals surface area contributed by atoms with E-state index in [2.05, 4.69) is 30.0 Å². The fourth-order valence-corrected chi connectivity index (χ4v) is 4.16. The first-order valence-electron chi connectivity index (χ1n) is 14.4. The molecule has 0 heterocycles. The van der Waals surface area contributed by atoms with Crippen molar-refractivity contribution in [3.05, 3.63) is 24.3 Å². The van der Waals surface area contributed by atoms with Gasteiger partial charge in [-0.15, -0.1) is 0 Å². The van der Waals surface area contributed by atoms with Gasteiger partial charge in [-0.3, -0.25) is 5.43 Å². The van der Waals surface area contributed by atoms with Crippen molar-refractivity contribution in [1.82, 2.24) is 16.2 Å². The SMILES string of the molecule is CCCCCCCCCCCCCCCCC(C)OC(C)NNC(=O)NCCOc1ccc(O)cc1. The van der Waals surface area contributed by atoms with Crippen LogP contribution >= 0.6 is 0 Å². The molecular weight excluding hydrogens is 454 g/mol. The number of aromatic hydroxyl groups is 1. The lowest BCUT2D eigenvalue weighted by atomic mass is 10.0. The number of benzene rings is 1. The van der Waals surface area contributed by atoms with Crippen LogP contribution < -0.4 is 20.9 Å². The van der Waals surface area contributed by atoms with E-state index in [0.29, 0.717) is 18.9 Å². The molecule has 0 aliphatic rings. The zero-order valence-electron chi connectivity index (χ0n) is 23.2. The van der Waals surface area contributed by atoms with Crippen molar-refractivity contribution in [2.24, 2.45) is 0 Å². The van der Waals surface area contributed by atoms with Gasteiger partial charge in [0.25, 0.3) is 0 Å². The van der Waals surface area contributed by atoms with E-state index in [1.807, 2.05) is 6.92 Å². The summed E-state index contributed by atoms with van der Waals surface area (Å²) in [6.45, 7) is 6.94. The largest absolute Gasteiger partial charge is 0.508 e. The van der Waals surface area contributed by atoms with Gasteiger partial charge in [0.1, 0.15) is 24.3 Å². The lowest BCUT2D eigenvalue weighted by Gasteiger charge is -2.20. The van der Waals surface area contributed by atoms with Crippen LogP contribution in [-0.2, 0) is 4.74 Å². The highest BCUT2D eigenvalue weighted by molar-refractivity contribution is 5.73. The number of nitrogens with one attached hydrogen (secondary N) is 3. The number of carbonyl (C=O) groups is 1. The molecule has 0 spiro atoms. The summed E-state index contributed by atoms with van der Waals surface area (Å²) >= 11 is 0. The zero-order chi connectivity index (χ0) is 26.3. The molecule has 0 radical (unpaired) electrons. The van der Waals surface area contributed by atoms with Gasteiger partial charge in [0, 0.05) is 0 Å². The molecule has 2 atom stereocenters. The number of phenolic OH excluding ortho intramolecular Hbond substituents is 1. The van der Waals surface area contributed by atoms with Gasteiger partial charge in [0.2, 0.25) is 0 Å². The van der Waals surface area contributed by atoms with E-state index in [-0.39, 0.29) is 24.1 Å². The number of urea groups is 1. The van der Waals surface area contributed by atoms with Crippen LogP contribution in [0.1, 0.15) is 117 Å². The molecule has 2 amide bonds. The molecular formula is C29H53N3O4. The van der Waals surface area contributed by atoms with Gasteiger partial charge >= 0.3 is 6.03 Å². The molecule has 0 saturated carbocycles. The Kier molecular flexibility index (Phi) is 19.8. The van der Waals surface area contributed by atoms with Crippen LogP contribution in [0.25, 0.3) is 0 Å².